The number of rotatable bonds is 4. The molecule has 0 bridgehead atoms. The first-order valence-corrected chi connectivity index (χ1v) is 8.01. The first-order chi connectivity index (χ1) is 9.64. The van der Waals surface area contributed by atoms with Crippen molar-refractivity contribution < 1.29 is 9.84 Å². The van der Waals surface area contributed by atoms with Crippen molar-refractivity contribution in [3.8, 4) is 0 Å². The molecule has 108 valence electrons. The second-order valence-electron chi connectivity index (χ2n) is 5.86. The van der Waals surface area contributed by atoms with Gasteiger partial charge >= 0.3 is 0 Å². The molecule has 0 saturated carbocycles. The highest BCUT2D eigenvalue weighted by Crippen LogP contribution is 2.30. The van der Waals surface area contributed by atoms with Crippen LogP contribution in [0.4, 0.5) is 0 Å². The number of ether oxygens (including phenoxy) is 1. The molecule has 20 heavy (non-hydrogen) atoms. The molecule has 2 unspecified atom stereocenters. The van der Waals surface area contributed by atoms with Gasteiger partial charge in [0, 0.05) is 23.7 Å². The second kappa shape index (κ2) is 5.82. The number of nitrogens with one attached hydrogen (secondary N) is 1. The van der Waals surface area contributed by atoms with Gasteiger partial charge in [0.15, 0.2) is 0 Å². The van der Waals surface area contributed by atoms with Crippen LogP contribution in [0.3, 0.4) is 0 Å². The molecular weight excluding hydrogens is 270 g/mol. The molecule has 1 saturated heterocycles. The molecule has 4 heteroatoms. The molecule has 2 atom stereocenters. The van der Waals surface area contributed by atoms with Crippen LogP contribution in [0.1, 0.15) is 18.9 Å². The fraction of sp³-hybridized carbons (Fsp3) is 0.500. The van der Waals surface area contributed by atoms with E-state index in [9.17, 15) is 5.11 Å². The van der Waals surface area contributed by atoms with Crippen molar-refractivity contribution in [2.24, 2.45) is 0 Å². The van der Waals surface area contributed by atoms with Crippen molar-refractivity contribution in [2.45, 2.75) is 31.4 Å². The predicted octanol–water partition coefficient (Wildman–Crippen LogP) is 2.57. The average molecular weight is 291 g/mol. The standard InChI is InChI=1S/C16H21NO2S/c1-16(18,9-13-10-19-7-6-17-13)8-12-11-20-15-5-3-2-4-14(12)15/h2-5,11,13,17-18H,6-10H2,1H3. The molecule has 2 aromatic rings. The molecule has 1 aliphatic rings. The fourth-order valence-corrected chi connectivity index (χ4v) is 3.90. The smallest absolute Gasteiger partial charge is 0.0676 e. The number of benzene rings is 1. The molecule has 0 radical (unpaired) electrons. The predicted molar refractivity (Wildman–Crippen MR) is 83.4 cm³/mol. The molecule has 0 spiro atoms. The Hall–Kier alpha value is -0.940. The highest BCUT2D eigenvalue weighted by atomic mass is 32.1. The third kappa shape index (κ3) is 3.20. The van der Waals surface area contributed by atoms with E-state index >= 15 is 0 Å². The Kier molecular flexibility index (Phi) is 4.08. The number of hydrogen-bond acceptors (Lipinski definition) is 4. The topological polar surface area (TPSA) is 41.5 Å². The molecule has 1 aromatic heterocycles. The van der Waals surface area contributed by atoms with Gasteiger partial charge in [-0.15, -0.1) is 11.3 Å². The van der Waals surface area contributed by atoms with Crippen LogP contribution in [0.5, 0.6) is 0 Å². The highest BCUT2D eigenvalue weighted by molar-refractivity contribution is 7.17. The summed E-state index contributed by atoms with van der Waals surface area (Å²) >= 11 is 1.75. The summed E-state index contributed by atoms with van der Waals surface area (Å²) in [4.78, 5) is 0. The Morgan fingerprint density at radius 1 is 1.45 bits per heavy atom. The minimum Gasteiger partial charge on any atom is -0.390 e. The van der Waals surface area contributed by atoms with Gasteiger partial charge in [-0.1, -0.05) is 18.2 Å². The highest BCUT2D eigenvalue weighted by Gasteiger charge is 2.28. The quantitative estimate of drug-likeness (QED) is 0.910. The Morgan fingerprint density at radius 2 is 2.30 bits per heavy atom. The van der Waals surface area contributed by atoms with E-state index in [1.807, 2.05) is 6.92 Å². The number of thiophene rings is 1. The Morgan fingerprint density at radius 3 is 3.10 bits per heavy atom. The summed E-state index contributed by atoms with van der Waals surface area (Å²) in [5, 5.41) is 17.6. The van der Waals surface area contributed by atoms with Gasteiger partial charge in [0.25, 0.3) is 0 Å². The van der Waals surface area contributed by atoms with Crippen LogP contribution < -0.4 is 5.32 Å². The molecule has 3 nitrogen and oxygen atoms in total. The van der Waals surface area contributed by atoms with Gasteiger partial charge in [-0.05, 0) is 35.7 Å². The van der Waals surface area contributed by atoms with Crippen LogP contribution in [0, 0.1) is 0 Å². The molecule has 2 N–H and O–H groups in total. The van der Waals surface area contributed by atoms with Crippen molar-refractivity contribution in [3.05, 3.63) is 35.2 Å². The summed E-state index contributed by atoms with van der Waals surface area (Å²) in [5.41, 5.74) is 0.537. The van der Waals surface area contributed by atoms with Crippen LogP contribution in [-0.2, 0) is 11.2 Å². The molecule has 0 aliphatic carbocycles. The van der Waals surface area contributed by atoms with E-state index in [0.717, 1.165) is 19.6 Å². The molecule has 1 fully saturated rings. The summed E-state index contributed by atoms with van der Waals surface area (Å²) in [5.74, 6) is 0. The minimum absolute atomic E-state index is 0.253. The molecule has 2 heterocycles. The lowest BCUT2D eigenvalue weighted by Gasteiger charge is -2.31. The van der Waals surface area contributed by atoms with Gasteiger partial charge in [-0.2, -0.15) is 0 Å². The van der Waals surface area contributed by atoms with Crippen LogP contribution in [-0.4, -0.2) is 36.5 Å². The van der Waals surface area contributed by atoms with Gasteiger partial charge < -0.3 is 15.2 Å². The fourth-order valence-electron chi connectivity index (χ4n) is 2.93. The average Bonchev–Trinajstić information content (AvgIpc) is 2.82. The number of aliphatic hydroxyl groups is 1. The van der Waals surface area contributed by atoms with Crippen molar-refractivity contribution in [3.63, 3.8) is 0 Å². The van der Waals surface area contributed by atoms with E-state index in [4.69, 9.17) is 4.74 Å². The molecule has 1 aliphatic heterocycles. The number of morpholine rings is 1. The van der Waals surface area contributed by atoms with E-state index < -0.39 is 5.60 Å². The zero-order valence-electron chi connectivity index (χ0n) is 11.8. The van der Waals surface area contributed by atoms with Gasteiger partial charge in [0.05, 0.1) is 18.8 Å². The van der Waals surface area contributed by atoms with Crippen molar-refractivity contribution in [1.29, 1.82) is 0 Å². The SMILES string of the molecule is CC(O)(Cc1csc2ccccc12)CC1COCCN1. The number of hydrogen-bond donors (Lipinski definition) is 2. The zero-order chi connectivity index (χ0) is 14.0. The van der Waals surface area contributed by atoms with Crippen LogP contribution in [0.15, 0.2) is 29.6 Å². The van der Waals surface area contributed by atoms with Crippen molar-refractivity contribution in [1.82, 2.24) is 5.32 Å². The lowest BCUT2D eigenvalue weighted by atomic mass is 9.89. The summed E-state index contributed by atoms with van der Waals surface area (Å²) in [6, 6.07) is 8.64. The third-order valence-corrected chi connectivity index (χ3v) is 4.83. The zero-order valence-corrected chi connectivity index (χ0v) is 12.6. The van der Waals surface area contributed by atoms with Gasteiger partial charge in [0.2, 0.25) is 0 Å². The summed E-state index contributed by atoms with van der Waals surface area (Å²) in [7, 11) is 0. The van der Waals surface area contributed by atoms with Crippen LogP contribution >= 0.6 is 11.3 Å². The summed E-state index contributed by atoms with van der Waals surface area (Å²) in [6.45, 7) is 4.27. The normalized spacial score (nSPS) is 22.8. The largest absolute Gasteiger partial charge is 0.390 e. The van der Waals surface area contributed by atoms with E-state index in [1.54, 1.807) is 11.3 Å². The van der Waals surface area contributed by atoms with E-state index in [0.29, 0.717) is 13.0 Å². The first-order valence-electron chi connectivity index (χ1n) is 7.13. The van der Waals surface area contributed by atoms with E-state index in [2.05, 4.69) is 35.0 Å². The minimum atomic E-state index is -0.706. The maximum Gasteiger partial charge on any atom is 0.0676 e. The summed E-state index contributed by atoms with van der Waals surface area (Å²) < 4.78 is 6.75. The molecular formula is C16H21NO2S. The maximum atomic E-state index is 10.7. The monoisotopic (exact) mass is 291 g/mol. The lowest BCUT2D eigenvalue weighted by molar-refractivity contribution is 0.00673. The van der Waals surface area contributed by atoms with Crippen LogP contribution in [0.25, 0.3) is 10.1 Å². The van der Waals surface area contributed by atoms with Gasteiger partial charge in [0.1, 0.15) is 0 Å². The summed E-state index contributed by atoms with van der Waals surface area (Å²) in [6.07, 6.45) is 1.41. The third-order valence-electron chi connectivity index (χ3n) is 3.82. The van der Waals surface area contributed by atoms with Crippen LogP contribution in [0.2, 0.25) is 0 Å². The molecule has 0 amide bonds. The second-order valence-corrected chi connectivity index (χ2v) is 6.77. The first kappa shape index (κ1) is 14.0. The van der Waals surface area contributed by atoms with Gasteiger partial charge in [-0.3, -0.25) is 0 Å². The molecule has 1 aromatic carbocycles. The Balaban J connectivity index is 1.71. The van der Waals surface area contributed by atoms with Gasteiger partial charge in [-0.25, -0.2) is 0 Å². The van der Waals surface area contributed by atoms with E-state index in [-0.39, 0.29) is 6.04 Å². The van der Waals surface area contributed by atoms with Crippen molar-refractivity contribution in [2.75, 3.05) is 19.8 Å². The Labute approximate surface area is 123 Å². The van der Waals surface area contributed by atoms with E-state index in [1.165, 1.54) is 15.6 Å². The van der Waals surface area contributed by atoms with Crippen molar-refractivity contribution >= 4 is 21.4 Å². The number of fused-ring (bicyclic) bond motifs is 1. The molecule has 3 rings (SSSR count). The maximum absolute atomic E-state index is 10.7. The lowest BCUT2D eigenvalue weighted by Crippen LogP contribution is -2.46. The Bertz CT molecular complexity index is 573.